The van der Waals surface area contributed by atoms with Gasteiger partial charge in [-0.1, -0.05) is 188 Å². The molecule has 3 aliphatic heterocycles. The Morgan fingerprint density at radius 1 is 0.392 bits per heavy atom. The van der Waals surface area contributed by atoms with Crippen molar-refractivity contribution in [1.29, 1.82) is 0 Å². The van der Waals surface area contributed by atoms with Crippen LogP contribution >= 0.6 is 23.2 Å². The van der Waals surface area contributed by atoms with Gasteiger partial charge in [0, 0.05) is 74.8 Å². The summed E-state index contributed by atoms with van der Waals surface area (Å²) in [4.78, 5) is 38.5. The Morgan fingerprint density at radius 2 is 0.685 bits per heavy atom. The van der Waals surface area contributed by atoms with E-state index in [1.807, 2.05) is 170 Å². The number of hydrogen-bond acceptors (Lipinski definition) is 19. The molecule has 0 saturated heterocycles. The van der Waals surface area contributed by atoms with Crippen molar-refractivity contribution >= 4 is 78.4 Å². The molecule has 0 spiro atoms. The van der Waals surface area contributed by atoms with Gasteiger partial charge in [0.15, 0.2) is 34.5 Å². The summed E-state index contributed by atoms with van der Waals surface area (Å²) in [7, 11) is 0. The van der Waals surface area contributed by atoms with E-state index in [2.05, 4.69) is 53.9 Å². The van der Waals surface area contributed by atoms with Gasteiger partial charge in [-0.25, -0.2) is 13.2 Å². The minimum absolute atomic E-state index is 0. The first-order valence-corrected chi connectivity index (χ1v) is 47.5. The number of aromatic nitrogens is 3. The van der Waals surface area contributed by atoms with E-state index >= 15 is 8.78 Å². The molecule has 0 amide bonds. The lowest BCUT2D eigenvalue weighted by Gasteiger charge is -2.28. The highest BCUT2D eigenvalue weighted by atomic mass is 35.5. The average molecular weight is 2020 g/mol. The molecule has 13 aromatic rings. The highest BCUT2D eigenvalue weighted by Crippen LogP contribution is 2.57. The van der Waals surface area contributed by atoms with Crippen LogP contribution < -0.4 is 34.2 Å². The van der Waals surface area contributed by atoms with Crippen molar-refractivity contribution in [3.05, 3.63) is 315 Å². The zero-order chi connectivity index (χ0) is 102. The number of benzene rings is 10. The van der Waals surface area contributed by atoms with E-state index in [1.165, 1.54) is 61.0 Å². The number of ether oxygens (including phenoxy) is 10. The molecule has 0 bridgehead atoms. The maximum absolute atomic E-state index is 16.0. The van der Waals surface area contributed by atoms with E-state index in [-0.39, 0.29) is 123 Å². The summed E-state index contributed by atoms with van der Waals surface area (Å²) < 4.78 is 181. The summed E-state index contributed by atoms with van der Waals surface area (Å²) in [6.45, 7) is 14.4. The predicted molar refractivity (Wildman–Crippen MR) is 523 cm³/mol. The van der Waals surface area contributed by atoms with E-state index in [9.17, 15) is 70.6 Å². The number of anilines is 1. The Morgan fingerprint density at radius 3 is 1.00 bits per heavy atom. The molecule has 3 fully saturated rings. The summed E-state index contributed by atoms with van der Waals surface area (Å²) in [5, 5.41) is 52.9. The van der Waals surface area contributed by atoms with Gasteiger partial charge in [-0.05, 0) is 185 Å². The van der Waals surface area contributed by atoms with E-state index < -0.39 is 99.0 Å². The first-order chi connectivity index (χ1) is 67.6. The molecule has 3 saturated carbocycles. The second-order valence-electron chi connectivity index (χ2n) is 38.5. The van der Waals surface area contributed by atoms with Crippen molar-refractivity contribution in [1.82, 2.24) is 13.7 Å². The Bertz CT molecular complexity index is 6670. The number of ketones is 2. The van der Waals surface area contributed by atoms with Crippen LogP contribution in [0.15, 0.2) is 231 Å². The quantitative estimate of drug-likeness (QED) is 0.00913. The van der Waals surface area contributed by atoms with Gasteiger partial charge in [-0.3, -0.25) is 14.4 Å². The molecule has 0 radical (unpaired) electrons. The normalized spacial score (nSPS) is 16.4. The van der Waals surface area contributed by atoms with Gasteiger partial charge < -0.3 is 92.3 Å². The van der Waals surface area contributed by atoms with Crippen molar-refractivity contribution in [3.63, 3.8) is 0 Å². The first-order valence-electron chi connectivity index (χ1n) is 46.4. The summed E-state index contributed by atoms with van der Waals surface area (Å²) in [5.74, 6) is -2.61. The van der Waals surface area contributed by atoms with E-state index in [0.29, 0.717) is 122 Å². The molecule has 22 nitrogen and oxygen atoms in total. The molecule has 19 rings (SSSR count). The maximum Gasteiger partial charge on any atom is 0.586 e. The molecule has 760 valence electrons. The summed E-state index contributed by atoms with van der Waals surface area (Å²) in [6.07, 6.45) is -9.46. The third kappa shape index (κ3) is 24.8. The average Bonchev–Trinajstić information content (AvgIpc) is 1.58. The van der Waals surface area contributed by atoms with Gasteiger partial charge in [0.2, 0.25) is 5.24 Å². The van der Waals surface area contributed by atoms with Gasteiger partial charge >= 0.3 is 18.9 Å². The van der Waals surface area contributed by atoms with Gasteiger partial charge in [-0.15, -0.1) is 37.9 Å². The number of nitrogens with two attached hydrogens (primary N) is 1. The Kier molecular flexibility index (Phi) is 32.8. The fourth-order valence-electron chi connectivity index (χ4n) is 18.2. The molecule has 7 N–H and O–H groups in total. The lowest BCUT2D eigenvalue weighted by Crippen LogP contribution is -2.30. The lowest BCUT2D eigenvalue weighted by molar-refractivity contribution is -0.287. The lowest BCUT2D eigenvalue weighted by atomic mass is 9.87. The number of alkyl halides is 7. The number of aliphatic hydroxyl groups is 5. The number of carbonyl (C=O) groups is 3. The van der Waals surface area contributed by atoms with Crippen LogP contribution in [0.2, 0.25) is 0 Å². The van der Waals surface area contributed by atoms with Crippen LogP contribution in [0.5, 0.6) is 34.5 Å². The molecule has 143 heavy (non-hydrogen) atoms. The number of Topliss-reactive ketones (excluding diaryl/α,β-unsaturated/α-hetero) is 2. The van der Waals surface area contributed by atoms with Crippen LogP contribution in [-0.2, 0) is 125 Å². The molecule has 33 heteroatoms. The van der Waals surface area contributed by atoms with Gasteiger partial charge in [0.25, 0.3) is 0 Å². The molecule has 3 aromatic heterocycles. The summed E-state index contributed by atoms with van der Waals surface area (Å²) in [5.41, 5.74) is 12.2. The standard InChI is InChI=1S/C41H40F3NO6.C29H33FN2O3.C27H28F3NO6.C11H7ClF2O3.CH3Cl.CH4/c1-39(2,26-49-24-28-11-7-4-8-12-28)37-18-30-17-29(19-38(47)40(15-16-40)31-13-14-35-36(20-31)51-41(43,44)50-35)33(42)21-34(30)45(37)22-32(46)25-48-23-27-9-5-3-6-10-27;1-29(2,20-35-18-22-11-7-4-8-12-22)28-14-23-13-26(31)25(30)15-27(23)32(28)16-24(33)19-34-17-21-9-5-3-6-10-21;1-25(2,14-33)23-8-16-7-15(19(28)11-20(16)31(23)12-18(34)13-32)9-24(35)26(5-6-26)17-3-4-21-22(10-17)37-27(29,30)36-21;12-9(15)10(3-4-10)6-1-2-7-8(5-6)17-11(13,14)16-7;1-2;/h3-14,17-18,20-21,32,46H,15-16,19,22-26H2,1-2H3;3-15,24,33H,16-20,31H2,1-2H3;3-4,7-8,10-11,18,32-34H,5-6,9,12-14H2,1-2H3;1-2,5H,3-4H2;1H3;1H4/t32-;24-;18-;;;/m111.../s1. The minimum Gasteiger partial charge on any atom is -0.396 e. The third-order valence-corrected chi connectivity index (χ3v) is 26.6. The van der Waals surface area contributed by atoms with Crippen molar-refractivity contribution < 1.29 is 127 Å². The highest BCUT2D eigenvalue weighted by molar-refractivity contribution is 6.66. The number of fused-ring (bicyclic) bond motifs is 6. The van der Waals surface area contributed by atoms with Crippen LogP contribution in [0.3, 0.4) is 0 Å². The Balaban J connectivity index is 0.000000158. The van der Waals surface area contributed by atoms with Crippen molar-refractivity contribution in [2.45, 2.75) is 216 Å². The number of halogens is 11. The number of aliphatic hydroxyl groups excluding tert-OH is 5. The zero-order valence-corrected chi connectivity index (χ0v) is 80.7. The van der Waals surface area contributed by atoms with Crippen LogP contribution in [-0.4, -0.2) is 139 Å². The topological polar surface area (TPSA) is 285 Å². The Hall–Kier alpha value is -12.0. The molecule has 6 aliphatic rings. The van der Waals surface area contributed by atoms with Gasteiger partial charge in [-0.2, -0.15) is 0 Å². The van der Waals surface area contributed by atoms with E-state index in [1.54, 1.807) is 47.0 Å². The summed E-state index contributed by atoms with van der Waals surface area (Å²) >= 11 is 10.2. The van der Waals surface area contributed by atoms with Gasteiger partial charge in [0.05, 0.1) is 142 Å². The summed E-state index contributed by atoms with van der Waals surface area (Å²) in [6, 6.07) is 67.2. The first kappa shape index (κ1) is 107. The van der Waals surface area contributed by atoms with Crippen LogP contribution in [0.25, 0.3) is 32.7 Å². The number of rotatable bonds is 37. The molecule has 0 unspecified atom stereocenters. The second kappa shape index (κ2) is 43.9. The van der Waals surface area contributed by atoms with Crippen LogP contribution in [0, 0.1) is 17.5 Å². The van der Waals surface area contributed by atoms with Crippen LogP contribution in [0.4, 0.5) is 45.2 Å². The van der Waals surface area contributed by atoms with Crippen molar-refractivity contribution in [2.24, 2.45) is 0 Å². The largest absolute Gasteiger partial charge is 0.586 e. The minimum atomic E-state index is -3.76. The molecule has 10 aromatic carbocycles. The number of hydrogen-bond donors (Lipinski definition) is 6. The number of nitrogens with zero attached hydrogens (tertiary/aromatic N) is 3. The molecule has 3 atom stereocenters. The highest BCUT2D eigenvalue weighted by Gasteiger charge is 2.56. The van der Waals surface area contributed by atoms with E-state index in [0.717, 1.165) is 44.4 Å². The predicted octanol–water partition coefficient (Wildman–Crippen LogP) is 21.3. The SMILES string of the molecule is C.CC(C)(CO)c1cc2cc(CC(=O)C3(c4ccc5c(c4)OC(F)(F)O5)CC3)c(F)cc2n1C[C@@H](O)CO.CC(C)(COCc1ccccc1)c1cc2cc(CC(=O)C3(c4ccc5c(c4)OC(F)(F)O5)CC3)c(F)cc2n1C[C@@H](O)COCc1ccccc1.CC(C)(COCc1ccccc1)c1cc2cc(N)c(F)cc2n1C[C@@H](O)COCc1ccccc1.CCl.O=C(Cl)C1(c2ccc3c(c2)OC(F)(F)O3)CC1. The maximum atomic E-state index is 16.0. The second-order valence-corrected chi connectivity index (χ2v) is 38.8. The molecular weight excluding hydrogens is 1910 g/mol. The monoisotopic (exact) mass is 2020 g/mol. The fraction of sp³-hybridized carbons (Fsp3) is 0.373. The smallest absolute Gasteiger partial charge is 0.396 e. The number of nitrogen functional groups attached to an aromatic ring is 1. The van der Waals surface area contributed by atoms with Crippen LogP contribution in [0.1, 0.15) is 155 Å². The van der Waals surface area contributed by atoms with Gasteiger partial charge in [0.1, 0.15) is 29.0 Å². The van der Waals surface area contributed by atoms with Crippen molar-refractivity contribution in [3.8, 4) is 34.5 Å². The van der Waals surface area contributed by atoms with Crippen molar-refractivity contribution in [2.75, 3.05) is 51.8 Å². The number of carbonyl (C=O) groups excluding carboxylic acids is 3. The molecular formula is C110H115Cl2F9N4O18. The van der Waals surface area contributed by atoms with E-state index in [4.69, 9.17) is 36.3 Å². The zero-order valence-electron chi connectivity index (χ0n) is 79.1. The molecule has 3 aliphatic carbocycles. The Labute approximate surface area is 831 Å². The molecule has 6 heterocycles. The fourth-order valence-corrected chi connectivity index (χ4v) is 18.5. The third-order valence-electron chi connectivity index (χ3n) is 26.3.